The zero-order valence-corrected chi connectivity index (χ0v) is 11.5. The minimum Gasteiger partial charge on any atom is -0.457 e. The Kier molecular flexibility index (Phi) is 3.40. The molecule has 20 heavy (non-hydrogen) atoms. The first-order valence-electron chi connectivity index (χ1n) is 6.72. The molecule has 0 saturated carbocycles. The molecule has 100 valence electrons. The molecule has 0 spiro atoms. The van der Waals surface area contributed by atoms with E-state index < -0.39 is 0 Å². The molecule has 0 amide bonds. The lowest BCUT2D eigenvalue weighted by Crippen LogP contribution is -1.99. The van der Waals surface area contributed by atoms with Crippen molar-refractivity contribution in [3.05, 3.63) is 71.8 Å². The molecular formula is C18H17NO. The van der Waals surface area contributed by atoms with Crippen LogP contribution in [-0.2, 0) is 6.54 Å². The topological polar surface area (TPSA) is 35.2 Å². The molecule has 0 aliphatic carbocycles. The van der Waals surface area contributed by atoms with Crippen molar-refractivity contribution in [3.8, 4) is 11.5 Å². The highest BCUT2D eigenvalue weighted by Crippen LogP contribution is 2.28. The van der Waals surface area contributed by atoms with Crippen LogP contribution >= 0.6 is 0 Å². The van der Waals surface area contributed by atoms with Gasteiger partial charge in [-0.1, -0.05) is 42.5 Å². The van der Waals surface area contributed by atoms with Gasteiger partial charge in [0.1, 0.15) is 11.5 Å². The predicted molar refractivity (Wildman–Crippen MR) is 83.1 cm³/mol. The molecule has 0 saturated heterocycles. The van der Waals surface area contributed by atoms with E-state index in [1.165, 1.54) is 10.8 Å². The molecule has 2 nitrogen and oxygen atoms in total. The molecule has 3 aromatic rings. The second-order valence-electron chi connectivity index (χ2n) is 4.93. The summed E-state index contributed by atoms with van der Waals surface area (Å²) in [6.07, 6.45) is 0. The Bertz CT molecular complexity index is 749. The van der Waals surface area contributed by atoms with Gasteiger partial charge in [-0.25, -0.2) is 0 Å². The lowest BCUT2D eigenvalue weighted by Gasteiger charge is -2.11. The van der Waals surface area contributed by atoms with Gasteiger partial charge in [-0.05, 0) is 41.5 Å². The Balaban J connectivity index is 1.98. The number of benzene rings is 3. The van der Waals surface area contributed by atoms with Crippen LogP contribution in [0.4, 0.5) is 0 Å². The zero-order valence-electron chi connectivity index (χ0n) is 11.5. The number of nitrogens with two attached hydrogens (primary N) is 1. The smallest absolute Gasteiger partial charge is 0.132 e. The van der Waals surface area contributed by atoms with Crippen molar-refractivity contribution in [1.82, 2.24) is 0 Å². The number of fused-ring (bicyclic) bond motifs is 1. The molecule has 0 bridgehead atoms. The number of ether oxygens (including phenoxy) is 1. The van der Waals surface area contributed by atoms with Crippen LogP contribution in [-0.4, -0.2) is 0 Å². The molecule has 0 aliphatic heterocycles. The summed E-state index contributed by atoms with van der Waals surface area (Å²) in [4.78, 5) is 0. The number of rotatable bonds is 3. The van der Waals surface area contributed by atoms with Gasteiger partial charge in [0, 0.05) is 12.1 Å². The van der Waals surface area contributed by atoms with Gasteiger partial charge in [0.25, 0.3) is 0 Å². The van der Waals surface area contributed by atoms with E-state index in [0.717, 1.165) is 22.6 Å². The van der Waals surface area contributed by atoms with E-state index in [0.29, 0.717) is 6.54 Å². The fourth-order valence-electron chi connectivity index (χ4n) is 2.28. The van der Waals surface area contributed by atoms with Gasteiger partial charge in [-0.2, -0.15) is 0 Å². The Morgan fingerprint density at radius 1 is 0.900 bits per heavy atom. The van der Waals surface area contributed by atoms with Crippen molar-refractivity contribution in [3.63, 3.8) is 0 Å². The monoisotopic (exact) mass is 263 g/mol. The van der Waals surface area contributed by atoms with Gasteiger partial charge in [-0.15, -0.1) is 0 Å². The van der Waals surface area contributed by atoms with E-state index in [2.05, 4.69) is 30.3 Å². The van der Waals surface area contributed by atoms with Crippen LogP contribution in [0.2, 0.25) is 0 Å². The highest BCUT2D eigenvalue weighted by molar-refractivity contribution is 5.83. The molecule has 2 heteroatoms. The molecule has 0 heterocycles. The summed E-state index contributed by atoms with van der Waals surface area (Å²) in [6, 6.07) is 20.5. The van der Waals surface area contributed by atoms with Crippen molar-refractivity contribution in [2.75, 3.05) is 0 Å². The van der Waals surface area contributed by atoms with E-state index in [1.807, 2.05) is 37.3 Å². The number of hydrogen-bond donors (Lipinski definition) is 1. The fourth-order valence-corrected chi connectivity index (χ4v) is 2.28. The summed E-state index contributed by atoms with van der Waals surface area (Å²) in [5.41, 5.74) is 7.95. The van der Waals surface area contributed by atoms with E-state index in [9.17, 15) is 0 Å². The number of hydrogen-bond acceptors (Lipinski definition) is 2. The minimum atomic E-state index is 0.475. The molecule has 3 rings (SSSR count). The van der Waals surface area contributed by atoms with Gasteiger partial charge < -0.3 is 10.5 Å². The SMILES string of the molecule is Cc1ccc(CN)c(Oc2ccc3ccccc3c2)c1. The summed E-state index contributed by atoms with van der Waals surface area (Å²) >= 11 is 0. The van der Waals surface area contributed by atoms with E-state index >= 15 is 0 Å². The third-order valence-electron chi connectivity index (χ3n) is 3.39. The summed E-state index contributed by atoms with van der Waals surface area (Å²) in [6.45, 7) is 2.52. The average Bonchev–Trinajstić information content (AvgIpc) is 2.47. The van der Waals surface area contributed by atoms with Crippen LogP contribution in [0.25, 0.3) is 10.8 Å². The van der Waals surface area contributed by atoms with Crippen LogP contribution in [0.5, 0.6) is 11.5 Å². The third kappa shape index (κ3) is 2.51. The Hall–Kier alpha value is -2.32. The summed E-state index contributed by atoms with van der Waals surface area (Å²) in [5, 5.41) is 2.38. The van der Waals surface area contributed by atoms with Crippen LogP contribution in [0.3, 0.4) is 0 Å². The largest absolute Gasteiger partial charge is 0.457 e. The van der Waals surface area contributed by atoms with Crippen LogP contribution in [0.15, 0.2) is 60.7 Å². The first kappa shape index (κ1) is 12.7. The van der Waals surface area contributed by atoms with Crippen LogP contribution < -0.4 is 10.5 Å². The van der Waals surface area contributed by atoms with Gasteiger partial charge in [-0.3, -0.25) is 0 Å². The Morgan fingerprint density at radius 2 is 1.70 bits per heavy atom. The van der Waals surface area contributed by atoms with Gasteiger partial charge in [0.15, 0.2) is 0 Å². The number of aryl methyl sites for hydroxylation is 1. The van der Waals surface area contributed by atoms with E-state index in [4.69, 9.17) is 10.5 Å². The van der Waals surface area contributed by atoms with E-state index in [-0.39, 0.29) is 0 Å². The Morgan fingerprint density at radius 3 is 2.50 bits per heavy atom. The molecule has 0 radical (unpaired) electrons. The second kappa shape index (κ2) is 5.35. The normalized spacial score (nSPS) is 10.7. The fraction of sp³-hybridized carbons (Fsp3) is 0.111. The molecule has 0 aromatic heterocycles. The summed E-state index contributed by atoms with van der Waals surface area (Å²) < 4.78 is 6.01. The quantitative estimate of drug-likeness (QED) is 0.760. The van der Waals surface area contributed by atoms with Crippen LogP contribution in [0.1, 0.15) is 11.1 Å². The highest BCUT2D eigenvalue weighted by atomic mass is 16.5. The molecule has 0 atom stereocenters. The third-order valence-corrected chi connectivity index (χ3v) is 3.39. The van der Waals surface area contributed by atoms with Gasteiger partial charge in [0.05, 0.1) is 0 Å². The van der Waals surface area contributed by atoms with Crippen molar-refractivity contribution in [1.29, 1.82) is 0 Å². The van der Waals surface area contributed by atoms with Crippen molar-refractivity contribution in [2.45, 2.75) is 13.5 Å². The zero-order chi connectivity index (χ0) is 13.9. The summed E-state index contributed by atoms with van der Waals surface area (Å²) in [7, 11) is 0. The average molecular weight is 263 g/mol. The van der Waals surface area contributed by atoms with Crippen molar-refractivity contribution in [2.24, 2.45) is 5.73 Å². The van der Waals surface area contributed by atoms with Gasteiger partial charge >= 0.3 is 0 Å². The molecule has 3 aromatic carbocycles. The lowest BCUT2D eigenvalue weighted by atomic mass is 10.1. The second-order valence-corrected chi connectivity index (χ2v) is 4.93. The molecular weight excluding hydrogens is 246 g/mol. The maximum absolute atomic E-state index is 6.01. The Labute approximate surface area is 118 Å². The van der Waals surface area contributed by atoms with Crippen molar-refractivity contribution >= 4 is 10.8 Å². The molecule has 0 aliphatic rings. The summed E-state index contributed by atoms with van der Waals surface area (Å²) in [5.74, 6) is 1.67. The first-order valence-corrected chi connectivity index (χ1v) is 6.72. The maximum atomic E-state index is 6.01. The standard InChI is InChI=1S/C18H17NO/c1-13-6-7-16(12-19)18(10-13)20-17-9-8-14-4-2-3-5-15(14)11-17/h2-11H,12,19H2,1H3. The molecule has 2 N–H and O–H groups in total. The lowest BCUT2D eigenvalue weighted by molar-refractivity contribution is 0.477. The van der Waals surface area contributed by atoms with Crippen LogP contribution in [0, 0.1) is 6.92 Å². The maximum Gasteiger partial charge on any atom is 0.132 e. The molecule has 0 fully saturated rings. The van der Waals surface area contributed by atoms with E-state index in [1.54, 1.807) is 0 Å². The molecule has 0 unspecified atom stereocenters. The van der Waals surface area contributed by atoms with Gasteiger partial charge in [0.2, 0.25) is 0 Å². The first-order chi connectivity index (χ1) is 9.76. The highest BCUT2D eigenvalue weighted by Gasteiger charge is 2.05. The minimum absolute atomic E-state index is 0.475. The predicted octanol–water partition coefficient (Wildman–Crippen LogP) is 4.40. The van der Waals surface area contributed by atoms with Crippen molar-refractivity contribution < 1.29 is 4.74 Å².